The van der Waals surface area contributed by atoms with Gasteiger partial charge in [0.1, 0.15) is 30.0 Å². The number of primary amides is 1. The molecule has 4 atom stereocenters. The van der Waals surface area contributed by atoms with Crippen molar-refractivity contribution in [3.63, 3.8) is 0 Å². The average Bonchev–Trinajstić information content (AvgIpc) is 3.22. The summed E-state index contributed by atoms with van der Waals surface area (Å²) in [7, 11) is 4.63. The molecule has 300 valence electrons. The number of nitrogens with two attached hydrogens (primary N) is 2. The molecule has 1 fully saturated rings. The maximum Gasteiger partial charge on any atom is 0.246 e. The van der Waals surface area contributed by atoms with Crippen LogP contribution < -0.4 is 16.8 Å². The van der Waals surface area contributed by atoms with Crippen molar-refractivity contribution in [1.29, 1.82) is 0 Å². The van der Waals surface area contributed by atoms with Crippen LogP contribution in [-0.2, 0) is 48.0 Å². The van der Waals surface area contributed by atoms with E-state index in [9.17, 15) is 28.8 Å². The Bertz CT molecular complexity index is 1750. The number of hydrogen-bond acceptors (Lipinski definition) is 7. The summed E-state index contributed by atoms with van der Waals surface area (Å²) in [4.78, 5) is 86.0. The van der Waals surface area contributed by atoms with Crippen LogP contribution in [-0.4, -0.2) is 102 Å². The summed E-state index contributed by atoms with van der Waals surface area (Å²) in [5, 5.41) is 2.89. The molecule has 1 saturated carbocycles. The molecule has 3 aromatic rings. The van der Waals surface area contributed by atoms with E-state index in [4.69, 9.17) is 11.5 Å². The third-order valence-electron chi connectivity index (χ3n) is 10.9. The minimum absolute atomic E-state index is 0.0321. The third kappa shape index (κ3) is 12.6. The summed E-state index contributed by atoms with van der Waals surface area (Å²) in [5.41, 5.74) is 13.8. The molecule has 0 heterocycles. The van der Waals surface area contributed by atoms with E-state index in [0.29, 0.717) is 6.42 Å². The van der Waals surface area contributed by atoms with Crippen LogP contribution in [0.2, 0.25) is 0 Å². The van der Waals surface area contributed by atoms with Crippen molar-refractivity contribution in [3.05, 3.63) is 108 Å². The Morgan fingerprint density at radius 3 is 1.45 bits per heavy atom. The van der Waals surface area contributed by atoms with Crippen molar-refractivity contribution in [3.8, 4) is 0 Å². The average molecular weight is 767 g/mol. The number of nitrogens with one attached hydrogen (secondary N) is 1. The molecule has 5 N–H and O–H groups in total. The zero-order chi connectivity index (χ0) is 40.6. The first-order chi connectivity index (χ1) is 26.9. The van der Waals surface area contributed by atoms with Crippen molar-refractivity contribution >= 4 is 35.3 Å². The van der Waals surface area contributed by atoms with Gasteiger partial charge in [-0.05, 0) is 29.0 Å². The molecule has 3 aromatic carbocycles. The van der Waals surface area contributed by atoms with Gasteiger partial charge in [-0.2, -0.15) is 0 Å². The van der Waals surface area contributed by atoms with Gasteiger partial charge in [-0.15, -0.1) is 0 Å². The largest absolute Gasteiger partial charge is 0.368 e. The summed E-state index contributed by atoms with van der Waals surface area (Å²) in [6.07, 6.45) is 5.78. The number of hydrogen-bond donors (Lipinski definition) is 3. The van der Waals surface area contributed by atoms with Crippen molar-refractivity contribution in [2.75, 3.05) is 27.7 Å². The molecular weight excluding hydrogens is 709 g/mol. The highest BCUT2D eigenvalue weighted by Crippen LogP contribution is 2.28. The third-order valence-corrected chi connectivity index (χ3v) is 10.9. The first-order valence-electron chi connectivity index (χ1n) is 19.6. The summed E-state index contributed by atoms with van der Waals surface area (Å²) in [6, 6.07) is 23.8. The van der Waals surface area contributed by atoms with Crippen LogP contribution >= 0.6 is 0 Å². The molecule has 12 nitrogen and oxygen atoms in total. The fourth-order valence-corrected chi connectivity index (χ4v) is 7.50. The van der Waals surface area contributed by atoms with Crippen LogP contribution in [0.25, 0.3) is 0 Å². The monoisotopic (exact) mass is 766 g/mol. The second-order valence-electron chi connectivity index (χ2n) is 15.0. The molecule has 4 rings (SSSR count). The Kier molecular flexibility index (Phi) is 16.8. The maximum absolute atomic E-state index is 14.9. The van der Waals surface area contributed by atoms with Crippen LogP contribution in [0.5, 0.6) is 0 Å². The summed E-state index contributed by atoms with van der Waals surface area (Å²) in [6.45, 7) is -0.170. The van der Waals surface area contributed by atoms with E-state index < -0.39 is 53.7 Å². The van der Waals surface area contributed by atoms with Gasteiger partial charge in [-0.1, -0.05) is 123 Å². The zero-order valence-electron chi connectivity index (χ0n) is 33.0. The number of nitrogens with zero attached hydrogens (tertiary/aromatic N) is 3. The Balaban J connectivity index is 1.68. The molecule has 0 bridgehead atoms. The van der Waals surface area contributed by atoms with E-state index >= 15 is 0 Å². The molecule has 56 heavy (non-hydrogen) atoms. The number of carbonyl (C=O) groups is 6. The van der Waals surface area contributed by atoms with E-state index in [-0.39, 0.29) is 50.4 Å². The Morgan fingerprint density at radius 1 is 0.607 bits per heavy atom. The van der Waals surface area contributed by atoms with Gasteiger partial charge in [-0.3, -0.25) is 28.8 Å². The number of likely N-dealkylation sites (N-methyl/N-ethyl adjacent to an activating group) is 3. The first-order valence-corrected chi connectivity index (χ1v) is 19.6. The van der Waals surface area contributed by atoms with Crippen molar-refractivity contribution < 1.29 is 28.8 Å². The first kappa shape index (κ1) is 43.4. The lowest BCUT2D eigenvalue weighted by atomic mass is 9.84. The topological polar surface area (TPSA) is 176 Å². The SMILES string of the molecule is CN(C(=O)[C@H](CC1CCCCC1)NC(=O)CCC(=O)CN)[C@@H](Cc1ccccc1)C(=O)N(C)[C@@H](Cc1ccccc1)C(=O)N(C)[C@@H](Cc1ccccc1)C(N)=O. The van der Waals surface area contributed by atoms with Crippen LogP contribution in [0.4, 0.5) is 0 Å². The fraction of sp³-hybridized carbons (Fsp3) is 0.455. The minimum atomic E-state index is -1.06. The lowest BCUT2D eigenvalue weighted by Crippen LogP contribution is -2.60. The van der Waals surface area contributed by atoms with Gasteiger partial charge >= 0.3 is 0 Å². The number of rotatable bonds is 20. The predicted octanol–water partition coefficient (Wildman–Crippen LogP) is 3.44. The highest BCUT2D eigenvalue weighted by molar-refractivity contribution is 5.96. The number of benzene rings is 3. The van der Waals surface area contributed by atoms with Crippen molar-refractivity contribution in [1.82, 2.24) is 20.0 Å². The quantitative estimate of drug-likeness (QED) is 0.158. The van der Waals surface area contributed by atoms with E-state index in [1.54, 1.807) is 14.1 Å². The zero-order valence-corrected chi connectivity index (χ0v) is 33.0. The smallest absolute Gasteiger partial charge is 0.246 e. The predicted molar refractivity (Wildman–Crippen MR) is 216 cm³/mol. The molecule has 0 unspecified atom stereocenters. The second-order valence-corrected chi connectivity index (χ2v) is 15.0. The van der Waals surface area contributed by atoms with Crippen LogP contribution in [0.3, 0.4) is 0 Å². The molecule has 1 aliphatic carbocycles. The van der Waals surface area contributed by atoms with Gasteiger partial charge in [0.05, 0.1) is 6.54 Å². The molecule has 12 heteroatoms. The van der Waals surface area contributed by atoms with Gasteiger partial charge < -0.3 is 31.5 Å². The Morgan fingerprint density at radius 2 is 1.02 bits per heavy atom. The highest BCUT2D eigenvalue weighted by Gasteiger charge is 2.40. The minimum Gasteiger partial charge on any atom is -0.368 e. The standard InChI is InChI=1S/C44H58N6O6/c1-48(37(41(46)53)27-32-18-10-5-11-19-32)43(55)39(29-34-22-14-7-15-23-34)50(3)44(56)38(28-33-20-12-6-13-21-33)49(2)42(54)36(26-31-16-8-4-9-17-31)47-40(52)25-24-35(51)30-45/h5-7,10-15,18-23,31,36-39H,4,8-9,16-17,24-30,45H2,1-3H3,(H2,46,53)(H,47,52)/t36-,37-,38-,39-/m0/s1. The van der Waals surface area contributed by atoms with Gasteiger partial charge in [-0.25, -0.2) is 0 Å². The lowest BCUT2D eigenvalue weighted by molar-refractivity contribution is -0.152. The normalized spacial score (nSPS) is 15.1. The number of Topliss-reactive ketones (excluding diaryl/α,β-unsaturated/α-hetero) is 1. The van der Waals surface area contributed by atoms with E-state index in [0.717, 1.165) is 48.8 Å². The summed E-state index contributed by atoms with van der Waals surface area (Å²) in [5.74, 6) is -2.56. The van der Waals surface area contributed by atoms with Gasteiger partial charge in [0.25, 0.3) is 0 Å². The molecule has 0 aromatic heterocycles. The molecule has 1 aliphatic rings. The van der Waals surface area contributed by atoms with Crippen LogP contribution in [0, 0.1) is 5.92 Å². The van der Waals surface area contributed by atoms with Gasteiger partial charge in [0.15, 0.2) is 0 Å². The van der Waals surface area contributed by atoms with Crippen LogP contribution in [0.15, 0.2) is 91.0 Å². The molecular formula is C44H58N6O6. The van der Waals surface area contributed by atoms with Crippen molar-refractivity contribution in [2.45, 2.75) is 94.8 Å². The summed E-state index contributed by atoms with van der Waals surface area (Å²) >= 11 is 0. The fourth-order valence-electron chi connectivity index (χ4n) is 7.50. The molecule has 0 saturated heterocycles. The van der Waals surface area contributed by atoms with Gasteiger partial charge in [0, 0.05) is 53.2 Å². The number of carbonyl (C=O) groups excluding carboxylic acids is 6. The van der Waals surface area contributed by atoms with Gasteiger partial charge in [0.2, 0.25) is 29.5 Å². The highest BCUT2D eigenvalue weighted by atomic mass is 16.2. The Labute approximate surface area is 331 Å². The van der Waals surface area contributed by atoms with Crippen molar-refractivity contribution in [2.24, 2.45) is 17.4 Å². The van der Waals surface area contributed by atoms with E-state index in [1.807, 2.05) is 91.0 Å². The molecule has 5 amide bonds. The second kappa shape index (κ2) is 21.7. The lowest BCUT2D eigenvalue weighted by Gasteiger charge is -2.38. The molecule has 0 aliphatic heterocycles. The number of amides is 5. The van der Waals surface area contributed by atoms with Crippen LogP contribution in [0.1, 0.15) is 68.1 Å². The van der Waals surface area contributed by atoms with E-state index in [1.165, 1.54) is 21.7 Å². The summed E-state index contributed by atoms with van der Waals surface area (Å²) < 4.78 is 0. The molecule has 0 spiro atoms. The number of ketones is 1. The molecule has 0 radical (unpaired) electrons. The van der Waals surface area contributed by atoms with E-state index in [2.05, 4.69) is 5.32 Å². The Hall–Kier alpha value is -5.36. The maximum atomic E-state index is 14.9.